The van der Waals surface area contributed by atoms with Crippen LogP contribution in [-0.2, 0) is 4.79 Å². The average Bonchev–Trinajstić information content (AvgIpc) is 2.68. The Morgan fingerprint density at radius 1 is 1.15 bits per heavy atom. The van der Waals surface area contributed by atoms with Crippen LogP contribution in [0.5, 0.6) is 5.75 Å². The lowest BCUT2D eigenvalue weighted by molar-refractivity contribution is -0.384. The molecule has 0 aliphatic heterocycles. The summed E-state index contributed by atoms with van der Waals surface area (Å²) in [5.41, 5.74) is 3.17. The van der Waals surface area contributed by atoms with Crippen molar-refractivity contribution >= 4 is 23.7 Å². The van der Waals surface area contributed by atoms with Gasteiger partial charge in [0, 0.05) is 17.7 Å². The molecule has 2 aromatic carbocycles. The first-order valence-corrected chi connectivity index (χ1v) is 8.07. The van der Waals surface area contributed by atoms with Crippen LogP contribution in [0.2, 0.25) is 0 Å². The van der Waals surface area contributed by atoms with Crippen LogP contribution in [0.4, 0.5) is 5.69 Å². The Hall–Kier alpha value is -3.75. The third-order valence-corrected chi connectivity index (χ3v) is 3.34. The largest absolute Gasteiger partial charge is 0.494 e. The number of hydrogen-bond donors (Lipinski definition) is 2. The summed E-state index contributed by atoms with van der Waals surface area (Å²) in [5, 5.41) is 16.8. The Kier molecular flexibility index (Phi) is 7.00. The molecule has 140 valence electrons. The Bertz CT molecular complexity index is 832. The zero-order chi connectivity index (χ0) is 19.6. The maximum atomic E-state index is 11.9. The van der Waals surface area contributed by atoms with Gasteiger partial charge in [0.1, 0.15) is 5.75 Å². The number of hydrazone groups is 1. The molecule has 2 rings (SSSR count). The first-order valence-electron chi connectivity index (χ1n) is 8.07. The molecular weight excluding hydrogens is 352 g/mol. The maximum Gasteiger partial charge on any atom is 0.269 e. The van der Waals surface area contributed by atoms with Crippen LogP contribution in [0.1, 0.15) is 22.8 Å². The second kappa shape index (κ2) is 9.66. The summed E-state index contributed by atoms with van der Waals surface area (Å²) < 4.78 is 5.32. The monoisotopic (exact) mass is 370 g/mol. The van der Waals surface area contributed by atoms with E-state index < -0.39 is 16.7 Å². The molecule has 0 bridgehead atoms. The van der Waals surface area contributed by atoms with E-state index in [1.807, 2.05) is 6.92 Å². The number of nitrogens with zero attached hydrogens (tertiary/aromatic N) is 2. The van der Waals surface area contributed by atoms with Gasteiger partial charge < -0.3 is 10.1 Å². The molecule has 9 heteroatoms. The van der Waals surface area contributed by atoms with Crippen molar-refractivity contribution in [2.24, 2.45) is 5.10 Å². The number of amides is 2. The second-order valence-electron chi connectivity index (χ2n) is 5.28. The summed E-state index contributed by atoms with van der Waals surface area (Å²) in [4.78, 5) is 33.6. The van der Waals surface area contributed by atoms with Crippen LogP contribution in [0.15, 0.2) is 53.6 Å². The van der Waals surface area contributed by atoms with E-state index in [9.17, 15) is 19.7 Å². The first-order chi connectivity index (χ1) is 13.0. The van der Waals surface area contributed by atoms with Gasteiger partial charge in [0.25, 0.3) is 17.5 Å². The van der Waals surface area contributed by atoms with E-state index in [2.05, 4.69) is 15.8 Å². The molecule has 27 heavy (non-hydrogen) atoms. The minimum absolute atomic E-state index is 0.118. The van der Waals surface area contributed by atoms with Gasteiger partial charge in [0.15, 0.2) is 0 Å². The van der Waals surface area contributed by atoms with E-state index in [0.29, 0.717) is 6.61 Å². The molecule has 0 atom stereocenters. The van der Waals surface area contributed by atoms with Crippen molar-refractivity contribution < 1.29 is 19.2 Å². The Morgan fingerprint density at radius 3 is 2.41 bits per heavy atom. The minimum Gasteiger partial charge on any atom is -0.494 e. The molecule has 9 nitrogen and oxygen atoms in total. The lowest BCUT2D eigenvalue weighted by Gasteiger charge is -2.04. The highest BCUT2D eigenvalue weighted by atomic mass is 16.6. The van der Waals surface area contributed by atoms with Gasteiger partial charge in [-0.15, -0.1) is 0 Å². The predicted molar refractivity (Wildman–Crippen MR) is 98.8 cm³/mol. The topological polar surface area (TPSA) is 123 Å². The van der Waals surface area contributed by atoms with E-state index in [-0.39, 0.29) is 17.8 Å². The van der Waals surface area contributed by atoms with Crippen molar-refractivity contribution in [3.8, 4) is 5.75 Å². The zero-order valence-corrected chi connectivity index (χ0v) is 14.5. The van der Waals surface area contributed by atoms with E-state index in [0.717, 1.165) is 11.3 Å². The van der Waals surface area contributed by atoms with E-state index in [4.69, 9.17) is 4.74 Å². The van der Waals surface area contributed by atoms with E-state index in [1.54, 1.807) is 24.3 Å². The fraction of sp³-hybridized carbons (Fsp3) is 0.167. The molecule has 0 aliphatic carbocycles. The standard InChI is InChI=1S/C18H18N4O5/c1-2-27-16-9-3-13(4-10-16)11-20-21-17(23)12-19-18(24)14-5-7-15(8-6-14)22(25)26/h3-11H,2,12H2,1H3,(H,19,24)(H,21,23)/b20-11-. The summed E-state index contributed by atoms with van der Waals surface area (Å²) in [6.07, 6.45) is 1.46. The Balaban J connectivity index is 1.78. The predicted octanol–water partition coefficient (Wildman–Crippen LogP) is 1.87. The van der Waals surface area contributed by atoms with Crippen molar-refractivity contribution in [1.29, 1.82) is 0 Å². The molecular formula is C18H18N4O5. The van der Waals surface area contributed by atoms with Gasteiger partial charge in [-0.05, 0) is 48.9 Å². The van der Waals surface area contributed by atoms with Crippen LogP contribution < -0.4 is 15.5 Å². The van der Waals surface area contributed by atoms with Crippen molar-refractivity contribution in [2.45, 2.75) is 6.92 Å². The van der Waals surface area contributed by atoms with Crippen LogP contribution in [0, 0.1) is 10.1 Å². The van der Waals surface area contributed by atoms with Crippen LogP contribution >= 0.6 is 0 Å². The van der Waals surface area contributed by atoms with Crippen LogP contribution in [0.3, 0.4) is 0 Å². The number of hydrogen-bond acceptors (Lipinski definition) is 6. The van der Waals surface area contributed by atoms with Crippen molar-refractivity contribution in [3.63, 3.8) is 0 Å². The van der Waals surface area contributed by atoms with Crippen LogP contribution in [0.25, 0.3) is 0 Å². The van der Waals surface area contributed by atoms with Crippen molar-refractivity contribution in [1.82, 2.24) is 10.7 Å². The molecule has 2 aromatic rings. The molecule has 0 saturated heterocycles. The number of nitro benzene ring substituents is 1. The van der Waals surface area contributed by atoms with Gasteiger partial charge in [-0.1, -0.05) is 0 Å². The maximum absolute atomic E-state index is 11.9. The molecule has 2 N–H and O–H groups in total. The lowest BCUT2D eigenvalue weighted by Crippen LogP contribution is -2.34. The second-order valence-corrected chi connectivity index (χ2v) is 5.28. The summed E-state index contributed by atoms with van der Waals surface area (Å²) >= 11 is 0. The van der Waals surface area contributed by atoms with E-state index in [1.165, 1.54) is 30.5 Å². The molecule has 0 saturated carbocycles. The Labute approximate surface area is 155 Å². The molecule has 0 heterocycles. The molecule has 0 unspecified atom stereocenters. The zero-order valence-electron chi connectivity index (χ0n) is 14.5. The fourth-order valence-corrected chi connectivity index (χ4v) is 2.03. The number of carbonyl (C=O) groups is 2. The number of ether oxygens (including phenoxy) is 1. The molecule has 2 amide bonds. The quantitative estimate of drug-likeness (QED) is 0.417. The summed E-state index contributed by atoms with van der Waals surface area (Å²) in [6.45, 7) is 2.19. The lowest BCUT2D eigenvalue weighted by atomic mass is 10.2. The number of nitrogens with one attached hydrogen (secondary N) is 2. The summed E-state index contributed by atoms with van der Waals surface area (Å²) in [5.74, 6) is -0.282. The highest BCUT2D eigenvalue weighted by Crippen LogP contribution is 2.12. The third-order valence-electron chi connectivity index (χ3n) is 3.34. The normalized spacial score (nSPS) is 10.4. The fourth-order valence-electron chi connectivity index (χ4n) is 2.03. The minimum atomic E-state index is -0.558. The van der Waals surface area contributed by atoms with Gasteiger partial charge in [0.2, 0.25) is 0 Å². The number of non-ortho nitro benzene ring substituents is 1. The first kappa shape index (κ1) is 19.6. The van der Waals surface area contributed by atoms with Gasteiger partial charge >= 0.3 is 0 Å². The smallest absolute Gasteiger partial charge is 0.269 e. The van der Waals surface area contributed by atoms with Gasteiger partial charge in [0.05, 0.1) is 24.3 Å². The van der Waals surface area contributed by atoms with Gasteiger partial charge in [-0.2, -0.15) is 5.10 Å². The third kappa shape index (κ3) is 6.24. The van der Waals surface area contributed by atoms with Gasteiger partial charge in [-0.25, -0.2) is 5.43 Å². The molecule has 0 radical (unpaired) electrons. The molecule has 0 spiro atoms. The van der Waals surface area contributed by atoms with Crippen LogP contribution in [-0.4, -0.2) is 36.1 Å². The van der Waals surface area contributed by atoms with Crippen molar-refractivity contribution in [2.75, 3.05) is 13.2 Å². The van der Waals surface area contributed by atoms with Gasteiger partial charge in [-0.3, -0.25) is 19.7 Å². The number of nitro groups is 1. The number of benzene rings is 2. The SMILES string of the molecule is CCOc1ccc(/C=N\NC(=O)CNC(=O)c2ccc([N+](=O)[O-])cc2)cc1. The number of carbonyl (C=O) groups excluding carboxylic acids is 2. The summed E-state index contributed by atoms with van der Waals surface area (Å²) in [7, 11) is 0. The average molecular weight is 370 g/mol. The highest BCUT2D eigenvalue weighted by Gasteiger charge is 2.10. The molecule has 0 aromatic heterocycles. The summed E-state index contributed by atoms with van der Waals surface area (Å²) in [6, 6.07) is 12.2. The van der Waals surface area contributed by atoms with E-state index >= 15 is 0 Å². The molecule has 0 fully saturated rings. The Morgan fingerprint density at radius 2 is 1.81 bits per heavy atom. The highest BCUT2D eigenvalue weighted by molar-refractivity contribution is 5.96. The molecule has 0 aliphatic rings. The van der Waals surface area contributed by atoms with Crippen molar-refractivity contribution in [3.05, 3.63) is 69.8 Å². The number of rotatable bonds is 8.